The van der Waals surface area contributed by atoms with E-state index >= 15 is 0 Å². The molecule has 1 N–H and O–H groups in total. The summed E-state index contributed by atoms with van der Waals surface area (Å²) in [7, 11) is 0. The fraction of sp³-hybridized carbons (Fsp3) is 0.300. The number of hydrogen-bond acceptors (Lipinski definition) is 2. The number of carbonyl (C=O) groups is 1. The lowest BCUT2D eigenvalue weighted by atomic mass is 10.3. The zero-order chi connectivity index (χ0) is 10.4. The fourth-order valence-corrected chi connectivity index (χ4v) is 1.72. The molecule has 76 valence electrons. The van der Waals surface area contributed by atoms with E-state index in [1.807, 2.05) is 6.92 Å². The van der Waals surface area contributed by atoms with E-state index in [-0.39, 0.29) is 17.5 Å². The number of carbonyl (C=O) groups excluding carboxylic acids is 1. The Morgan fingerprint density at radius 3 is 2.86 bits per heavy atom. The number of benzene rings is 1. The van der Waals surface area contributed by atoms with Crippen LogP contribution in [0.1, 0.15) is 6.92 Å². The van der Waals surface area contributed by atoms with Crippen LogP contribution in [0.3, 0.4) is 0 Å². The molecule has 0 unspecified atom stereocenters. The van der Waals surface area contributed by atoms with Crippen molar-refractivity contribution >= 4 is 17.7 Å². The second kappa shape index (κ2) is 5.65. The number of amides is 1. The van der Waals surface area contributed by atoms with Crippen molar-refractivity contribution in [3.63, 3.8) is 0 Å². The SMILES string of the molecule is CCNC(=O)CSc1ccccc1F. The van der Waals surface area contributed by atoms with Crippen LogP contribution in [0.4, 0.5) is 4.39 Å². The van der Waals surface area contributed by atoms with Gasteiger partial charge < -0.3 is 5.32 Å². The molecule has 0 atom stereocenters. The van der Waals surface area contributed by atoms with Crippen molar-refractivity contribution in [2.45, 2.75) is 11.8 Å². The van der Waals surface area contributed by atoms with Crippen molar-refractivity contribution in [1.29, 1.82) is 0 Å². The summed E-state index contributed by atoms with van der Waals surface area (Å²) in [6, 6.07) is 6.44. The third kappa shape index (κ3) is 3.38. The monoisotopic (exact) mass is 213 g/mol. The van der Waals surface area contributed by atoms with Gasteiger partial charge in [-0.25, -0.2) is 4.39 Å². The van der Waals surface area contributed by atoms with Gasteiger partial charge in [-0.05, 0) is 19.1 Å². The quantitative estimate of drug-likeness (QED) is 0.776. The highest BCUT2D eigenvalue weighted by Crippen LogP contribution is 2.20. The summed E-state index contributed by atoms with van der Waals surface area (Å²) in [5, 5.41) is 2.65. The molecule has 0 aliphatic carbocycles. The average Bonchev–Trinajstić information content (AvgIpc) is 2.17. The van der Waals surface area contributed by atoms with Crippen LogP contribution in [0.2, 0.25) is 0 Å². The average molecular weight is 213 g/mol. The largest absolute Gasteiger partial charge is 0.356 e. The van der Waals surface area contributed by atoms with E-state index in [9.17, 15) is 9.18 Å². The normalized spacial score (nSPS) is 9.86. The third-order valence-electron chi connectivity index (χ3n) is 1.57. The lowest BCUT2D eigenvalue weighted by Gasteiger charge is -2.02. The number of rotatable bonds is 4. The third-order valence-corrected chi connectivity index (χ3v) is 2.62. The molecule has 1 aromatic carbocycles. The molecule has 2 nitrogen and oxygen atoms in total. The highest BCUT2D eigenvalue weighted by molar-refractivity contribution is 8.00. The topological polar surface area (TPSA) is 29.1 Å². The maximum atomic E-state index is 13.1. The predicted octanol–water partition coefficient (Wildman–Crippen LogP) is 2.05. The van der Waals surface area contributed by atoms with Crippen LogP contribution in [0, 0.1) is 5.82 Å². The summed E-state index contributed by atoms with van der Waals surface area (Å²) in [5.74, 6) is -0.0862. The minimum atomic E-state index is -0.276. The summed E-state index contributed by atoms with van der Waals surface area (Å²) < 4.78 is 13.1. The summed E-state index contributed by atoms with van der Waals surface area (Å²) in [4.78, 5) is 11.6. The van der Waals surface area contributed by atoms with Gasteiger partial charge in [0.15, 0.2) is 0 Å². The number of nitrogens with one attached hydrogen (secondary N) is 1. The Labute approximate surface area is 86.9 Å². The Kier molecular flexibility index (Phi) is 4.46. The molecule has 0 aliphatic rings. The van der Waals surface area contributed by atoms with Crippen LogP contribution in [-0.2, 0) is 4.79 Å². The first-order valence-corrected chi connectivity index (χ1v) is 5.36. The second-order valence-corrected chi connectivity index (χ2v) is 3.69. The van der Waals surface area contributed by atoms with E-state index < -0.39 is 0 Å². The van der Waals surface area contributed by atoms with Crippen LogP contribution in [0.15, 0.2) is 29.2 Å². The van der Waals surface area contributed by atoms with Gasteiger partial charge in [0.05, 0.1) is 5.75 Å². The Morgan fingerprint density at radius 1 is 1.50 bits per heavy atom. The van der Waals surface area contributed by atoms with Crippen molar-refractivity contribution in [2.24, 2.45) is 0 Å². The highest BCUT2D eigenvalue weighted by Gasteiger charge is 2.04. The van der Waals surface area contributed by atoms with Crippen LogP contribution in [0.5, 0.6) is 0 Å². The van der Waals surface area contributed by atoms with Gasteiger partial charge in [0, 0.05) is 11.4 Å². The zero-order valence-electron chi connectivity index (χ0n) is 7.92. The van der Waals surface area contributed by atoms with Crippen molar-refractivity contribution in [1.82, 2.24) is 5.32 Å². The van der Waals surface area contributed by atoms with Crippen molar-refractivity contribution < 1.29 is 9.18 Å². The van der Waals surface area contributed by atoms with Gasteiger partial charge in [-0.15, -0.1) is 11.8 Å². The molecule has 1 amide bonds. The Hall–Kier alpha value is -1.03. The van der Waals surface area contributed by atoms with Gasteiger partial charge in [-0.1, -0.05) is 12.1 Å². The van der Waals surface area contributed by atoms with Crippen molar-refractivity contribution in [3.8, 4) is 0 Å². The maximum Gasteiger partial charge on any atom is 0.230 e. The van der Waals surface area contributed by atoms with E-state index in [1.54, 1.807) is 18.2 Å². The van der Waals surface area contributed by atoms with Crippen molar-refractivity contribution in [2.75, 3.05) is 12.3 Å². The minimum Gasteiger partial charge on any atom is -0.356 e. The first-order valence-electron chi connectivity index (χ1n) is 4.38. The van der Waals surface area contributed by atoms with E-state index in [0.717, 1.165) is 0 Å². The molecular formula is C10H12FNOS. The fourth-order valence-electron chi connectivity index (χ4n) is 0.953. The summed E-state index contributed by atoms with van der Waals surface area (Å²) >= 11 is 1.21. The van der Waals surface area contributed by atoms with Crippen LogP contribution < -0.4 is 5.32 Å². The molecule has 0 bridgehead atoms. The van der Waals surface area contributed by atoms with Gasteiger partial charge in [0.1, 0.15) is 5.82 Å². The van der Waals surface area contributed by atoms with Gasteiger partial charge in [0.25, 0.3) is 0 Å². The van der Waals surface area contributed by atoms with E-state index in [2.05, 4.69) is 5.32 Å². The standard InChI is InChI=1S/C10H12FNOS/c1-2-12-10(13)7-14-9-6-4-3-5-8(9)11/h3-6H,2,7H2,1H3,(H,12,13). The van der Waals surface area contributed by atoms with Gasteiger partial charge in [0.2, 0.25) is 5.91 Å². The zero-order valence-corrected chi connectivity index (χ0v) is 8.73. The lowest BCUT2D eigenvalue weighted by molar-refractivity contribution is -0.118. The maximum absolute atomic E-state index is 13.1. The summed E-state index contributed by atoms with van der Waals surface area (Å²) in [5.41, 5.74) is 0. The molecule has 0 fully saturated rings. The van der Waals surface area contributed by atoms with Crippen LogP contribution in [-0.4, -0.2) is 18.2 Å². The molecule has 0 saturated carbocycles. The predicted molar refractivity (Wildman–Crippen MR) is 55.8 cm³/mol. The Morgan fingerprint density at radius 2 is 2.21 bits per heavy atom. The molecule has 1 rings (SSSR count). The molecular weight excluding hydrogens is 201 g/mol. The molecule has 14 heavy (non-hydrogen) atoms. The van der Waals surface area contributed by atoms with E-state index in [4.69, 9.17) is 0 Å². The molecule has 0 aromatic heterocycles. The van der Waals surface area contributed by atoms with Crippen molar-refractivity contribution in [3.05, 3.63) is 30.1 Å². The molecule has 0 spiro atoms. The van der Waals surface area contributed by atoms with Crippen LogP contribution in [0.25, 0.3) is 0 Å². The molecule has 0 aliphatic heterocycles. The lowest BCUT2D eigenvalue weighted by Crippen LogP contribution is -2.24. The Bertz CT molecular complexity index is 317. The smallest absolute Gasteiger partial charge is 0.230 e. The van der Waals surface area contributed by atoms with Gasteiger partial charge >= 0.3 is 0 Å². The van der Waals surface area contributed by atoms with E-state index in [0.29, 0.717) is 11.4 Å². The summed E-state index contributed by atoms with van der Waals surface area (Å²) in [6.07, 6.45) is 0. The molecule has 0 heterocycles. The molecule has 4 heteroatoms. The highest BCUT2D eigenvalue weighted by atomic mass is 32.2. The summed E-state index contributed by atoms with van der Waals surface area (Å²) in [6.45, 7) is 2.46. The van der Waals surface area contributed by atoms with Gasteiger partial charge in [-0.3, -0.25) is 4.79 Å². The van der Waals surface area contributed by atoms with Gasteiger partial charge in [-0.2, -0.15) is 0 Å². The minimum absolute atomic E-state index is 0.0687. The first-order chi connectivity index (χ1) is 6.74. The molecule has 0 saturated heterocycles. The van der Waals surface area contributed by atoms with Crippen LogP contribution >= 0.6 is 11.8 Å². The number of halogens is 1. The molecule has 1 aromatic rings. The molecule has 0 radical (unpaired) electrons. The van der Waals surface area contributed by atoms with E-state index in [1.165, 1.54) is 17.8 Å². The Balaban J connectivity index is 2.46. The first kappa shape index (κ1) is 11.0. The number of thioether (sulfide) groups is 1. The second-order valence-electron chi connectivity index (χ2n) is 2.67. The number of hydrogen-bond donors (Lipinski definition) is 1.